The summed E-state index contributed by atoms with van der Waals surface area (Å²) in [6, 6.07) is 0. The van der Waals surface area contributed by atoms with Crippen LogP contribution in [0.4, 0.5) is 0 Å². The van der Waals surface area contributed by atoms with E-state index in [9.17, 15) is 4.79 Å². The van der Waals surface area contributed by atoms with Gasteiger partial charge in [-0.15, -0.1) is 0 Å². The molecule has 5 heteroatoms. The van der Waals surface area contributed by atoms with E-state index < -0.39 is 0 Å². The summed E-state index contributed by atoms with van der Waals surface area (Å²) >= 11 is 0. The second-order valence-electron chi connectivity index (χ2n) is 2.97. The third kappa shape index (κ3) is 2.11. The van der Waals surface area contributed by atoms with Gasteiger partial charge in [-0.1, -0.05) is 0 Å². The SMILES string of the molecule is CNCCc1c(C(=O)OC)cnn1C. The predicted molar refractivity (Wildman–Crippen MR) is 52.2 cm³/mol. The van der Waals surface area contributed by atoms with Gasteiger partial charge in [-0.25, -0.2) is 4.79 Å². The van der Waals surface area contributed by atoms with Crippen LogP contribution in [-0.2, 0) is 18.2 Å². The summed E-state index contributed by atoms with van der Waals surface area (Å²) in [5.74, 6) is -0.329. The van der Waals surface area contributed by atoms with Crippen LogP contribution in [0.1, 0.15) is 16.1 Å². The number of ether oxygens (including phenoxy) is 1. The molecule has 0 unspecified atom stereocenters. The first-order valence-electron chi connectivity index (χ1n) is 4.44. The quantitative estimate of drug-likeness (QED) is 0.689. The maximum Gasteiger partial charge on any atom is 0.341 e. The lowest BCUT2D eigenvalue weighted by Crippen LogP contribution is -2.15. The highest BCUT2D eigenvalue weighted by molar-refractivity contribution is 5.90. The van der Waals surface area contributed by atoms with Crippen LogP contribution in [0.25, 0.3) is 0 Å². The summed E-state index contributed by atoms with van der Waals surface area (Å²) in [6.45, 7) is 0.809. The first-order chi connectivity index (χ1) is 6.70. The van der Waals surface area contributed by atoms with Crippen LogP contribution in [-0.4, -0.2) is 36.5 Å². The van der Waals surface area contributed by atoms with E-state index in [4.69, 9.17) is 0 Å². The lowest BCUT2D eigenvalue weighted by atomic mass is 10.2. The lowest BCUT2D eigenvalue weighted by molar-refractivity contribution is 0.0599. The van der Waals surface area contributed by atoms with E-state index in [0.29, 0.717) is 5.56 Å². The molecule has 1 heterocycles. The first-order valence-corrected chi connectivity index (χ1v) is 4.44. The number of hydrogen-bond donors (Lipinski definition) is 1. The molecule has 0 aliphatic carbocycles. The number of hydrogen-bond acceptors (Lipinski definition) is 4. The average molecular weight is 197 g/mol. The van der Waals surface area contributed by atoms with Crippen molar-refractivity contribution in [2.75, 3.05) is 20.7 Å². The van der Waals surface area contributed by atoms with Gasteiger partial charge in [0.1, 0.15) is 5.56 Å². The highest BCUT2D eigenvalue weighted by Crippen LogP contribution is 2.09. The monoisotopic (exact) mass is 197 g/mol. The summed E-state index contributed by atoms with van der Waals surface area (Å²) in [5.41, 5.74) is 1.44. The van der Waals surface area contributed by atoms with E-state index in [-0.39, 0.29) is 5.97 Å². The standard InChI is InChI=1S/C9H15N3O2/c1-10-5-4-8-7(9(13)14-3)6-11-12(8)2/h6,10H,4-5H2,1-3H3. The van der Waals surface area contributed by atoms with Gasteiger partial charge < -0.3 is 10.1 Å². The number of carbonyl (C=O) groups is 1. The van der Waals surface area contributed by atoms with Gasteiger partial charge in [0.05, 0.1) is 19.0 Å². The lowest BCUT2D eigenvalue weighted by Gasteiger charge is -2.04. The molecule has 0 saturated heterocycles. The molecule has 1 aromatic rings. The number of nitrogens with one attached hydrogen (secondary N) is 1. The number of carbonyl (C=O) groups excluding carboxylic acids is 1. The Bertz CT molecular complexity index is 320. The third-order valence-electron chi connectivity index (χ3n) is 2.08. The Kier molecular flexibility index (Phi) is 3.64. The molecule has 0 spiro atoms. The summed E-state index contributed by atoms with van der Waals surface area (Å²) in [6.07, 6.45) is 2.30. The van der Waals surface area contributed by atoms with Crippen molar-refractivity contribution in [3.8, 4) is 0 Å². The molecule has 1 rings (SSSR count). The van der Waals surface area contributed by atoms with E-state index in [1.165, 1.54) is 13.3 Å². The molecule has 1 N–H and O–H groups in total. The minimum Gasteiger partial charge on any atom is -0.465 e. The normalized spacial score (nSPS) is 10.2. The minimum atomic E-state index is -0.329. The fraction of sp³-hybridized carbons (Fsp3) is 0.556. The van der Waals surface area contributed by atoms with Gasteiger partial charge in [0, 0.05) is 20.0 Å². The van der Waals surface area contributed by atoms with E-state index in [1.807, 2.05) is 14.1 Å². The molecule has 0 aliphatic rings. The van der Waals surface area contributed by atoms with E-state index in [1.54, 1.807) is 4.68 Å². The van der Waals surface area contributed by atoms with Crippen LogP contribution < -0.4 is 5.32 Å². The molecule has 1 aromatic heterocycles. The van der Waals surface area contributed by atoms with Gasteiger partial charge in [0.25, 0.3) is 0 Å². The summed E-state index contributed by atoms with van der Waals surface area (Å²) in [4.78, 5) is 11.3. The fourth-order valence-corrected chi connectivity index (χ4v) is 1.28. The summed E-state index contributed by atoms with van der Waals surface area (Å²) < 4.78 is 6.36. The fourth-order valence-electron chi connectivity index (χ4n) is 1.28. The maximum atomic E-state index is 11.3. The first kappa shape index (κ1) is 10.7. The molecule has 78 valence electrons. The molecular weight excluding hydrogens is 182 g/mol. The highest BCUT2D eigenvalue weighted by atomic mass is 16.5. The Balaban J connectivity index is 2.88. The zero-order valence-electron chi connectivity index (χ0n) is 8.70. The maximum absolute atomic E-state index is 11.3. The molecule has 0 atom stereocenters. The van der Waals surface area contributed by atoms with Crippen LogP contribution in [0, 0.1) is 0 Å². The van der Waals surface area contributed by atoms with Gasteiger partial charge >= 0.3 is 5.97 Å². The number of aromatic nitrogens is 2. The van der Waals surface area contributed by atoms with Crippen molar-refractivity contribution in [1.29, 1.82) is 0 Å². The van der Waals surface area contributed by atoms with Crippen molar-refractivity contribution >= 4 is 5.97 Å². The van der Waals surface area contributed by atoms with Gasteiger partial charge in [0.2, 0.25) is 0 Å². The number of nitrogens with zero attached hydrogens (tertiary/aromatic N) is 2. The zero-order valence-corrected chi connectivity index (χ0v) is 8.70. The van der Waals surface area contributed by atoms with Crippen molar-refractivity contribution < 1.29 is 9.53 Å². The Morgan fingerprint density at radius 2 is 2.43 bits per heavy atom. The smallest absolute Gasteiger partial charge is 0.341 e. The average Bonchev–Trinajstić information content (AvgIpc) is 2.56. The zero-order chi connectivity index (χ0) is 10.6. The van der Waals surface area contributed by atoms with Crippen LogP contribution >= 0.6 is 0 Å². The van der Waals surface area contributed by atoms with Gasteiger partial charge in [-0.3, -0.25) is 4.68 Å². The molecule has 0 bridgehead atoms. The predicted octanol–water partition coefficient (Wildman–Crippen LogP) is -0.0314. The molecule has 0 aliphatic heterocycles. The largest absolute Gasteiger partial charge is 0.465 e. The Morgan fingerprint density at radius 3 is 3.00 bits per heavy atom. The van der Waals surface area contributed by atoms with Crippen LogP contribution in [0.2, 0.25) is 0 Å². The van der Waals surface area contributed by atoms with Crippen molar-refractivity contribution in [3.63, 3.8) is 0 Å². The number of esters is 1. The Morgan fingerprint density at radius 1 is 1.71 bits per heavy atom. The van der Waals surface area contributed by atoms with Crippen molar-refractivity contribution in [2.45, 2.75) is 6.42 Å². The minimum absolute atomic E-state index is 0.329. The Labute approximate surface area is 83.1 Å². The van der Waals surface area contributed by atoms with E-state index >= 15 is 0 Å². The molecular formula is C9H15N3O2. The molecule has 0 amide bonds. The summed E-state index contributed by atoms with van der Waals surface area (Å²) in [7, 11) is 5.06. The van der Waals surface area contributed by atoms with E-state index in [2.05, 4.69) is 15.2 Å². The molecule has 0 saturated carbocycles. The molecule has 0 aromatic carbocycles. The summed E-state index contributed by atoms with van der Waals surface area (Å²) in [5, 5.41) is 7.05. The highest BCUT2D eigenvalue weighted by Gasteiger charge is 2.15. The van der Waals surface area contributed by atoms with Crippen molar-refractivity contribution in [2.24, 2.45) is 7.05 Å². The number of rotatable bonds is 4. The number of methoxy groups -OCH3 is 1. The second kappa shape index (κ2) is 4.76. The van der Waals surface area contributed by atoms with Gasteiger partial charge in [-0.2, -0.15) is 5.10 Å². The van der Waals surface area contributed by atoms with E-state index in [0.717, 1.165) is 18.7 Å². The second-order valence-corrected chi connectivity index (χ2v) is 2.97. The topological polar surface area (TPSA) is 56.1 Å². The molecule has 0 radical (unpaired) electrons. The van der Waals surface area contributed by atoms with Crippen LogP contribution in [0.3, 0.4) is 0 Å². The number of likely N-dealkylation sites (N-methyl/N-ethyl adjacent to an activating group) is 1. The van der Waals surface area contributed by atoms with Gasteiger partial charge in [-0.05, 0) is 7.05 Å². The van der Waals surface area contributed by atoms with Crippen molar-refractivity contribution in [3.05, 3.63) is 17.5 Å². The number of aryl methyl sites for hydroxylation is 1. The molecule has 14 heavy (non-hydrogen) atoms. The van der Waals surface area contributed by atoms with Crippen LogP contribution in [0.5, 0.6) is 0 Å². The Hall–Kier alpha value is -1.36. The molecule has 5 nitrogen and oxygen atoms in total. The molecule has 0 fully saturated rings. The van der Waals surface area contributed by atoms with Gasteiger partial charge in [0.15, 0.2) is 0 Å². The van der Waals surface area contributed by atoms with Crippen LogP contribution in [0.15, 0.2) is 6.20 Å². The van der Waals surface area contributed by atoms with Crippen molar-refractivity contribution in [1.82, 2.24) is 15.1 Å². The third-order valence-corrected chi connectivity index (χ3v) is 2.08.